The van der Waals surface area contributed by atoms with Gasteiger partial charge in [0.1, 0.15) is 11.5 Å². The second-order valence-corrected chi connectivity index (χ2v) is 9.50. The second kappa shape index (κ2) is 9.12. The molecule has 5 rings (SSSR count). The number of hydrogen-bond donors (Lipinski definition) is 1. The minimum absolute atomic E-state index is 0.00903. The largest absolute Gasteiger partial charge is 0.433 e. The van der Waals surface area contributed by atoms with Gasteiger partial charge in [-0.25, -0.2) is 9.97 Å². The van der Waals surface area contributed by atoms with Crippen molar-refractivity contribution in [3.63, 3.8) is 0 Å². The van der Waals surface area contributed by atoms with Crippen LogP contribution in [0.4, 0.5) is 32.2 Å². The molecule has 0 bridgehead atoms. The van der Waals surface area contributed by atoms with Gasteiger partial charge in [0.2, 0.25) is 0 Å². The molecule has 6 nitrogen and oxygen atoms in total. The number of anilines is 1. The number of rotatable bonds is 5. The van der Waals surface area contributed by atoms with Crippen LogP contribution in [0.5, 0.6) is 0 Å². The molecule has 1 aliphatic rings. The van der Waals surface area contributed by atoms with Crippen molar-refractivity contribution in [2.75, 3.05) is 18.0 Å². The Hall–Kier alpha value is -3.38. The number of imidazole rings is 1. The summed E-state index contributed by atoms with van der Waals surface area (Å²) in [6.07, 6.45) is -6.06. The van der Waals surface area contributed by atoms with Crippen LogP contribution < -0.4 is 4.90 Å². The summed E-state index contributed by atoms with van der Waals surface area (Å²) in [5.41, 5.74) is -2.77. The molecule has 0 radical (unpaired) electrons. The summed E-state index contributed by atoms with van der Waals surface area (Å²) in [6, 6.07) is 6.24. The van der Waals surface area contributed by atoms with Gasteiger partial charge < -0.3 is 14.6 Å². The Labute approximate surface area is 217 Å². The number of alkyl halides is 6. The van der Waals surface area contributed by atoms with Crippen molar-refractivity contribution in [3.8, 4) is 0 Å². The Bertz CT molecular complexity index is 1500. The lowest BCUT2D eigenvalue weighted by molar-refractivity contribution is -0.141. The van der Waals surface area contributed by atoms with Crippen LogP contribution in [-0.2, 0) is 25.2 Å². The van der Waals surface area contributed by atoms with Crippen molar-refractivity contribution in [1.29, 1.82) is 0 Å². The maximum absolute atomic E-state index is 13.5. The van der Waals surface area contributed by atoms with Gasteiger partial charge in [0.15, 0.2) is 5.60 Å². The summed E-state index contributed by atoms with van der Waals surface area (Å²) in [5, 5.41) is 12.1. The molecule has 4 aromatic rings. The van der Waals surface area contributed by atoms with Gasteiger partial charge in [-0.2, -0.15) is 26.3 Å². The van der Waals surface area contributed by atoms with Gasteiger partial charge in [-0.15, -0.1) is 0 Å². The standard InChI is InChI=1S/C25H20ClF6N5O/c1-36-13-33-12-20(36)24(38,15-4-6-19(34-11-15)25(30,31)32)14-3-5-18-16(9-14)21(26)17(10-23(27,28)29)22(35-18)37-7-2-8-37/h3-6,9,11-13,38H,2,7-8,10H2,1H3/t24-/m1/s1. The third-order valence-electron chi connectivity index (χ3n) is 6.60. The Morgan fingerprint density at radius 2 is 1.71 bits per heavy atom. The van der Waals surface area contributed by atoms with Crippen LogP contribution in [0.3, 0.4) is 0 Å². The zero-order chi connectivity index (χ0) is 27.5. The number of hydrogen-bond acceptors (Lipinski definition) is 5. The lowest BCUT2D eigenvalue weighted by atomic mass is 9.83. The number of aliphatic hydroxyl groups is 1. The lowest BCUT2D eigenvalue weighted by Crippen LogP contribution is -2.38. The van der Waals surface area contributed by atoms with Gasteiger partial charge in [-0.3, -0.25) is 4.98 Å². The minimum atomic E-state index is -4.69. The van der Waals surface area contributed by atoms with Gasteiger partial charge in [-0.1, -0.05) is 23.7 Å². The molecule has 3 aromatic heterocycles. The van der Waals surface area contributed by atoms with Crippen LogP contribution in [0.2, 0.25) is 5.02 Å². The number of halogens is 7. The second-order valence-electron chi connectivity index (χ2n) is 9.12. The SMILES string of the molecule is Cn1cncc1[C@](O)(c1ccc(C(F)(F)F)nc1)c1ccc2nc(N3CCC3)c(CC(F)(F)F)c(Cl)c2c1. The average Bonchev–Trinajstić information content (AvgIpc) is 3.25. The van der Waals surface area contributed by atoms with Crippen LogP contribution in [0.1, 0.15) is 34.5 Å². The van der Waals surface area contributed by atoms with Gasteiger partial charge in [0.05, 0.1) is 35.2 Å². The summed E-state index contributed by atoms with van der Waals surface area (Å²) < 4.78 is 81.3. The van der Waals surface area contributed by atoms with Crippen molar-refractivity contribution in [3.05, 3.63) is 82.2 Å². The van der Waals surface area contributed by atoms with E-state index in [2.05, 4.69) is 15.0 Å². The summed E-state index contributed by atoms with van der Waals surface area (Å²) >= 11 is 6.57. The molecule has 4 heterocycles. The molecule has 1 N–H and O–H groups in total. The van der Waals surface area contributed by atoms with Crippen LogP contribution in [0, 0.1) is 0 Å². The van der Waals surface area contributed by atoms with Gasteiger partial charge >= 0.3 is 12.4 Å². The van der Waals surface area contributed by atoms with E-state index in [0.717, 1.165) is 24.8 Å². The van der Waals surface area contributed by atoms with E-state index in [9.17, 15) is 31.4 Å². The smallest absolute Gasteiger partial charge is 0.374 e. The third-order valence-corrected chi connectivity index (χ3v) is 7.04. The molecule has 200 valence electrons. The molecule has 13 heteroatoms. The zero-order valence-corrected chi connectivity index (χ0v) is 20.5. The first kappa shape index (κ1) is 26.2. The molecule has 0 amide bonds. The topological polar surface area (TPSA) is 67.1 Å². The Morgan fingerprint density at radius 3 is 2.24 bits per heavy atom. The van der Waals surface area contributed by atoms with Crippen LogP contribution >= 0.6 is 11.6 Å². The maximum atomic E-state index is 13.5. The monoisotopic (exact) mass is 555 g/mol. The van der Waals surface area contributed by atoms with Crippen molar-refractivity contribution in [1.82, 2.24) is 19.5 Å². The highest BCUT2D eigenvalue weighted by molar-refractivity contribution is 6.36. The zero-order valence-electron chi connectivity index (χ0n) is 19.8. The molecule has 1 saturated heterocycles. The van der Waals surface area contributed by atoms with E-state index >= 15 is 0 Å². The minimum Gasteiger partial charge on any atom is -0.374 e. The van der Waals surface area contributed by atoms with E-state index in [1.165, 1.54) is 35.3 Å². The van der Waals surface area contributed by atoms with Gasteiger partial charge in [-0.05, 0) is 30.2 Å². The quantitative estimate of drug-likeness (QED) is 0.323. The number of nitrogens with zero attached hydrogens (tertiary/aromatic N) is 5. The highest BCUT2D eigenvalue weighted by Gasteiger charge is 2.40. The van der Waals surface area contributed by atoms with E-state index in [1.807, 2.05) is 0 Å². The van der Waals surface area contributed by atoms with Crippen molar-refractivity contribution in [2.45, 2.75) is 30.8 Å². The van der Waals surface area contributed by atoms with Gasteiger partial charge in [0.25, 0.3) is 0 Å². The van der Waals surface area contributed by atoms with E-state index in [-0.39, 0.29) is 38.6 Å². The molecule has 38 heavy (non-hydrogen) atoms. The maximum Gasteiger partial charge on any atom is 0.433 e. The van der Waals surface area contributed by atoms with E-state index in [0.29, 0.717) is 18.6 Å². The number of aryl methyl sites for hydroxylation is 1. The Kier molecular flexibility index (Phi) is 6.30. The van der Waals surface area contributed by atoms with Crippen molar-refractivity contribution in [2.24, 2.45) is 7.05 Å². The molecule has 1 aromatic carbocycles. The van der Waals surface area contributed by atoms with Crippen LogP contribution in [0.25, 0.3) is 10.9 Å². The van der Waals surface area contributed by atoms with Crippen molar-refractivity contribution >= 4 is 28.3 Å². The van der Waals surface area contributed by atoms with Gasteiger partial charge in [0, 0.05) is 42.8 Å². The summed E-state index contributed by atoms with van der Waals surface area (Å²) in [7, 11) is 1.58. The molecule has 1 aliphatic heterocycles. The Morgan fingerprint density at radius 1 is 1.00 bits per heavy atom. The lowest BCUT2D eigenvalue weighted by Gasteiger charge is -2.34. The highest BCUT2D eigenvalue weighted by atomic mass is 35.5. The molecule has 1 atom stereocenters. The molecular formula is C25H20ClF6N5O. The fraction of sp³-hybridized carbons (Fsp3) is 0.320. The molecule has 0 saturated carbocycles. The predicted octanol–water partition coefficient (Wildman–Crippen LogP) is 5.63. The summed E-state index contributed by atoms with van der Waals surface area (Å²) in [4.78, 5) is 13.7. The summed E-state index contributed by atoms with van der Waals surface area (Å²) in [6.45, 7) is 1.11. The third kappa shape index (κ3) is 4.55. The first-order chi connectivity index (χ1) is 17.8. The van der Waals surface area contributed by atoms with E-state index in [4.69, 9.17) is 11.6 Å². The normalized spacial score (nSPS) is 16.0. The van der Waals surface area contributed by atoms with Crippen LogP contribution in [0.15, 0.2) is 49.1 Å². The molecule has 0 spiro atoms. The molecule has 0 aliphatic carbocycles. The molecule has 0 unspecified atom stereocenters. The van der Waals surface area contributed by atoms with E-state index in [1.54, 1.807) is 11.9 Å². The Balaban J connectivity index is 1.72. The fourth-order valence-corrected chi connectivity index (χ4v) is 4.87. The molecule has 1 fully saturated rings. The average molecular weight is 556 g/mol. The van der Waals surface area contributed by atoms with Crippen molar-refractivity contribution < 1.29 is 31.4 Å². The predicted molar refractivity (Wildman–Crippen MR) is 128 cm³/mol. The first-order valence-corrected chi connectivity index (χ1v) is 11.8. The fourth-order valence-electron chi connectivity index (χ4n) is 4.57. The number of aromatic nitrogens is 4. The summed E-state index contributed by atoms with van der Waals surface area (Å²) in [5.74, 6) is 0.160. The number of fused-ring (bicyclic) bond motifs is 1. The number of benzene rings is 1. The number of pyridine rings is 2. The molecular weight excluding hydrogens is 536 g/mol. The van der Waals surface area contributed by atoms with Crippen LogP contribution in [-0.4, -0.2) is 43.9 Å². The first-order valence-electron chi connectivity index (χ1n) is 11.5. The highest BCUT2D eigenvalue weighted by Crippen LogP contribution is 2.42. The van der Waals surface area contributed by atoms with E-state index < -0.39 is 30.1 Å².